The number of benzene rings is 2. The maximum absolute atomic E-state index is 11.5. The summed E-state index contributed by atoms with van der Waals surface area (Å²) in [6, 6.07) is 13.6. The van der Waals surface area contributed by atoms with Gasteiger partial charge in [0.1, 0.15) is 11.6 Å². The molecule has 0 aliphatic rings. The first-order chi connectivity index (χ1) is 12.8. The lowest BCUT2D eigenvalue weighted by Crippen LogP contribution is -2.12. The number of rotatable bonds is 6. The zero-order valence-electron chi connectivity index (χ0n) is 14.8. The number of nitrogens with zero attached hydrogens (tertiary/aromatic N) is 2. The van der Waals surface area contributed by atoms with Gasteiger partial charge in [0, 0.05) is 23.6 Å². The normalized spacial score (nSPS) is 11.1. The Balaban J connectivity index is 1.82. The molecule has 3 aromatic rings. The molecule has 1 heterocycles. The Morgan fingerprint density at radius 3 is 2.63 bits per heavy atom. The van der Waals surface area contributed by atoms with Crippen molar-refractivity contribution in [2.45, 2.75) is 11.8 Å². The predicted molar refractivity (Wildman–Crippen MR) is 104 cm³/mol. The van der Waals surface area contributed by atoms with E-state index in [-0.39, 0.29) is 4.90 Å². The molecule has 0 fully saturated rings. The van der Waals surface area contributed by atoms with Crippen LogP contribution in [-0.2, 0) is 10.0 Å². The van der Waals surface area contributed by atoms with Crippen molar-refractivity contribution in [2.24, 2.45) is 5.14 Å². The Labute approximate surface area is 157 Å². The number of anilines is 4. The SMILES string of the molecule is COc1ccc(C)c(Nc2ccnc(Nc3cccc(S(N)(=O)=O)c3)n2)c1. The summed E-state index contributed by atoms with van der Waals surface area (Å²) in [4.78, 5) is 8.56. The van der Waals surface area contributed by atoms with Gasteiger partial charge in [0.15, 0.2) is 0 Å². The number of sulfonamides is 1. The van der Waals surface area contributed by atoms with Crippen LogP contribution in [0.3, 0.4) is 0 Å². The molecule has 0 atom stereocenters. The van der Waals surface area contributed by atoms with Crippen molar-refractivity contribution in [3.8, 4) is 5.75 Å². The van der Waals surface area contributed by atoms with E-state index in [2.05, 4.69) is 20.6 Å². The first-order valence-electron chi connectivity index (χ1n) is 8.00. The molecule has 0 spiro atoms. The molecule has 140 valence electrons. The van der Waals surface area contributed by atoms with Crippen molar-refractivity contribution in [3.63, 3.8) is 0 Å². The predicted octanol–water partition coefficient (Wildman–Crippen LogP) is 2.93. The van der Waals surface area contributed by atoms with Crippen molar-refractivity contribution in [1.29, 1.82) is 0 Å². The fourth-order valence-electron chi connectivity index (χ4n) is 2.37. The molecule has 4 N–H and O–H groups in total. The maximum Gasteiger partial charge on any atom is 0.238 e. The Kier molecular flexibility index (Phi) is 5.24. The number of methoxy groups -OCH3 is 1. The van der Waals surface area contributed by atoms with Crippen LogP contribution in [0, 0.1) is 6.92 Å². The van der Waals surface area contributed by atoms with Gasteiger partial charge in [-0.05, 0) is 42.8 Å². The van der Waals surface area contributed by atoms with Crippen LogP contribution in [0.4, 0.5) is 23.1 Å². The summed E-state index contributed by atoms with van der Waals surface area (Å²) < 4.78 is 28.2. The van der Waals surface area contributed by atoms with E-state index in [0.29, 0.717) is 17.5 Å². The van der Waals surface area contributed by atoms with E-state index in [9.17, 15) is 8.42 Å². The van der Waals surface area contributed by atoms with Crippen molar-refractivity contribution in [1.82, 2.24) is 9.97 Å². The summed E-state index contributed by atoms with van der Waals surface area (Å²) in [6.45, 7) is 1.97. The molecule has 0 unspecified atom stereocenters. The Bertz CT molecular complexity index is 1070. The zero-order chi connectivity index (χ0) is 19.4. The van der Waals surface area contributed by atoms with Crippen LogP contribution in [0.1, 0.15) is 5.56 Å². The van der Waals surface area contributed by atoms with Crippen LogP contribution in [0.25, 0.3) is 0 Å². The van der Waals surface area contributed by atoms with Crippen LogP contribution < -0.4 is 20.5 Å². The average molecular weight is 385 g/mol. The number of nitrogens with two attached hydrogens (primary N) is 1. The third-order valence-corrected chi connectivity index (χ3v) is 4.69. The summed E-state index contributed by atoms with van der Waals surface area (Å²) in [5, 5.41) is 11.4. The number of aromatic nitrogens is 2. The largest absolute Gasteiger partial charge is 0.497 e. The van der Waals surface area contributed by atoms with Gasteiger partial charge in [0.05, 0.1) is 12.0 Å². The number of primary sulfonamides is 1. The van der Waals surface area contributed by atoms with Gasteiger partial charge in [-0.1, -0.05) is 12.1 Å². The lowest BCUT2D eigenvalue weighted by atomic mass is 10.2. The molecule has 27 heavy (non-hydrogen) atoms. The van der Waals surface area contributed by atoms with E-state index in [4.69, 9.17) is 9.88 Å². The van der Waals surface area contributed by atoms with Gasteiger partial charge in [-0.2, -0.15) is 4.98 Å². The molecule has 3 rings (SSSR count). The second-order valence-corrected chi connectivity index (χ2v) is 7.33. The molecular formula is C18H19N5O3S. The minimum atomic E-state index is -3.78. The van der Waals surface area contributed by atoms with Crippen molar-refractivity contribution < 1.29 is 13.2 Å². The first-order valence-corrected chi connectivity index (χ1v) is 9.54. The Morgan fingerprint density at radius 1 is 1.07 bits per heavy atom. The number of aryl methyl sites for hydroxylation is 1. The van der Waals surface area contributed by atoms with E-state index in [1.165, 1.54) is 12.1 Å². The molecule has 2 aromatic carbocycles. The Morgan fingerprint density at radius 2 is 1.89 bits per heavy atom. The average Bonchev–Trinajstić information content (AvgIpc) is 2.63. The highest BCUT2D eigenvalue weighted by Gasteiger charge is 2.09. The summed E-state index contributed by atoms with van der Waals surface area (Å²) in [5.74, 6) is 1.62. The number of hydrogen-bond acceptors (Lipinski definition) is 7. The molecule has 0 aliphatic carbocycles. The van der Waals surface area contributed by atoms with Gasteiger partial charge < -0.3 is 15.4 Å². The highest BCUT2D eigenvalue weighted by Crippen LogP contribution is 2.25. The molecule has 8 nitrogen and oxygen atoms in total. The van der Waals surface area contributed by atoms with E-state index >= 15 is 0 Å². The van der Waals surface area contributed by atoms with Crippen molar-refractivity contribution >= 4 is 33.2 Å². The van der Waals surface area contributed by atoms with Crippen molar-refractivity contribution in [3.05, 3.63) is 60.3 Å². The topological polar surface area (TPSA) is 119 Å². The van der Waals surface area contributed by atoms with Gasteiger partial charge in [0.25, 0.3) is 0 Å². The molecule has 0 bridgehead atoms. The molecule has 0 saturated carbocycles. The third-order valence-electron chi connectivity index (χ3n) is 3.78. The van der Waals surface area contributed by atoms with E-state index in [1.54, 1.807) is 31.5 Å². The highest BCUT2D eigenvalue weighted by atomic mass is 32.2. The monoisotopic (exact) mass is 385 g/mol. The maximum atomic E-state index is 11.5. The minimum Gasteiger partial charge on any atom is -0.497 e. The molecule has 0 saturated heterocycles. The van der Waals surface area contributed by atoms with E-state index < -0.39 is 10.0 Å². The summed E-state index contributed by atoms with van der Waals surface area (Å²) >= 11 is 0. The second kappa shape index (κ2) is 7.60. The van der Waals surface area contributed by atoms with Crippen LogP contribution >= 0.6 is 0 Å². The highest BCUT2D eigenvalue weighted by molar-refractivity contribution is 7.89. The lowest BCUT2D eigenvalue weighted by Gasteiger charge is -2.12. The fourth-order valence-corrected chi connectivity index (χ4v) is 2.93. The molecule has 0 aliphatic heterocycles. The number of hydrogen-bond donors (Lipinski definition) is 3. The molecule has 0 radical (unpaired) electrons. The zero-order valence-corrected chi connectivity index (χ0v) is 15.6. The number of ether oxygens (including phenoxy) is 1. The van der Waals surface area contributed by atoms with E-state index in [0.717, 1.165) is 17.0 Å². The van der Waals surface area contributed by atoms with Crippen molar-refractivity contribution in [2.75, 3.05) is 17.7 Å². The summed E-state index contributed by atoms with van der Waals surface area (Å²) in [5.41, 5.74) is 2.40. The van der Waals surface area contributed by atoms with Gasteiger partial charge in [-0.25, -0.2) is 18.5 Å². The fraction of sp³-hybridized carbons (Fsp3) is 0.111. The quantitative estimate of drug-likeness (QED) is 0.597. The standard InChI is InChI=1S/C18H19N5O3S/c1-12-6-7-14(26-2)11-16(12)22-17-8-9-20-18(23-17)21-13-4-3-5-15(10-13)27(19,24)25/h3-11H,1-2H3,(H2,19,24,25)(H2,20,21,22,23). The molecule has 0 amide bonds. The van der Waals surface area contributed by atoms with Crippen LogP contribution in [0.2, 0.25) is 0 Å². The smallest absolute Gasteiger partial charge is 0.238 e. The van der Waals surface area contributed by atoms with Gasteiger partial charge in [0.2, 0.25) is 16.0 Å². The third kappa shape index (κ3) is 4.72. The van der Waals surface area contributed by atoms with Gasteiger partial charge in [-0.15, -0.1) is 0 Å². The van der Waals surface area contributed by atoms with E-state index in [1.807, 2.05) is 25.1 Å². The number of nitrogens with one attached hydrogen (secondary N) is 2. The first kappa shape index (κ1) is 18.6. The second-order valence-electron chi connectivity index (χ2n) is 5.77. The van der Waals surface area contributed by atoms with Crippen LogP contribution in [-0.4, -0.2) is 25.5 Å². The minimum absolute atomic E-state index is 0.00813. The summed E-state index contributed by atoms with van der Waals surface area (Å²) in [6.07, 6.45) is 1.59. The Hall–Kier alpha value is -3.17. The van der Waals surface area contributed by atoms with Gasteiger partial charge >= 0.3 is 0 Å². The van der Waals surface area contributed by atoms with Gasteiger partial charge in [-0.3, -0.25) is 0 Å². The van der Waals surface area contributed by atoms with Crippen LogP contribution in [0.15, 0.2) is 59.6 Å². The van der Waals surface area contributed by atoms with Crippen LogP contribution in [0.5, 0.6) is 5.75 Å². The molecular weight excluding hydrogens is 366 g/mol. The summed E-state index contributed by atoms with van der Waals surface area (Å²) in [7, 11) is -2.17. The lowest BCUT2D eigenvalue weighted by molar-refractivity contribution is 0.415. The molecule has 1 aromatic heterocycles. The molecule has 9 heteroatoms.